The zero-order chi connectivity index (χ0) is 17.9. The van der Waals surface area contributed by atoms with E-state index in [0.717, 1.165) is 37.6 Å². The highest BCUT2D eigenvalue weighted by Gasteiger charge is 2.18. The summed E-state index contributed by atoms with van der Waals surface area (Å²) >= 11 is 5.82. The van der Waals surface area contributed by atoms with Crippen molar-refractivity contribution in [2.45, 2.75) is 4.90 Å². The molecule has 0 aromatic heterocycles. The van der Waals surface area contributed by atoms with Crippen molar-refractivity contribution in [3.8, 4) is 5.75 Å². The molecule has 1 heterocycles. The van der Waals surface area contributed by atoms with E-state index < -0.39 is 10.0 Å². The van der Waals surface area contributed by atoms with E-state index in [1.54, 1.807) is 37.4 Å². The Kier molecular flexibility index (Phi) is 5.36. The van der Waals surface area contributed by atoms with Crippen LogP contribution in [0.3, 0.4) is 0 Å². The lowest BCUT2D eigenvalue weighted by atomic mass is 10.2. The van der Waals surface area contributed by atoms with Gasteiger partial charge in [-0.1, -0.05) is 11.6 Å². The van der Waals surface area contributed by atoms with Crippen LogP contribution < -0.4 is 19.7 Å². The van der Waals surface area contributed by atoms with Gasteiger partial charge in [-0.15, -0.1) is 0 Å². The summed E-state index contributed by atoms with van der Waals surface area (Å²) in [7, 11) is -2.07. The first-order valence-corrected chi connectivity index (χ1v) is 9.78. The summed E-state index contributed by atoms with van der Waals surface area (Å²) in [6.45, 7) is 3.43. The minimum atomic E-state index is -3.68. The predicted octanol–water partition coefficient (Wildman–Crippen LogP) is 2.56. The Hall–Kier alpha value is -1.96. The maximum absolute atomic E-state index is 12.5. The van der Waals surface area contributed by atoms with Crippen molar-refractivity contribution in [1.29, 1.82) is 0 Å². The highest BCUT2D eigenvalue weighted by atomic mass is 35.5. The number of benzene rings is 2. The minimum absolute atomic E-state index is 0.163. The quantitative estimate of drug-likeness (QED) is 0.832. The van der Waals surface area contributed by atoms with Gasteiger partial charge in [-0.3, -0.25) is 4.72 Å². The van der Waals surface area contributed by atoms with Crippen LogP contribution in [0.15, 0.2) is 47.4 Å². The number of methoxy groups -OCH3 is 1. The smallest absolute Gasteiger partial charge is 0.261 e. The fourth-order valence-electron chi connectivity index (χ4n) is 2.73. The van der Waals surface area contributed by atoms with Crippen molar-refractivity contribution in [1.82, 2.24) is 5.32 Å². The number of halogens is 1. The summed E-state index contributed by atoms with van der Waals surface area (Å²) in [5.41, 5.74) is 1.37. The van der Waals surface area contributed by atoms with E-state index in [2.05, 4.69) is 14.9 Å². The molecule has 134 valence electrons. The van der Waals surface area contributed by atoms with Crippen LogP contribution in [0.25, 0.3) is 0 Å². The number of ether oxygens (including phenoxy) is 1. The SMILES string of the molecule is COc1ccc(NS(=O)(=O)c2ccc(Cl)cc2)cc1N1CCNCC1. The molecule has 0 atom stereocenters. The average molecular weight is 382 g/mol. The average Bonchev–Trinajstić information content (AvgIpc) is 2.62. The van der Waals surface area contributed by atoms with Gasteiger partial charge < -0.3 is 15.0 Å². The molecule has 0 radical (unpaired) electrons. The van der Waals surface area contributed by atoms with Crippen LogP contribution in [-0.2, 0) is 10.0 Å². The van der Waals surface area contributed by atoms with Gasteiger partial charge in [0.15, 0.2) is 0 Å². The molecular weight excluding hydrogens is 362 g/mol. The lowest BCUT2D eigenvalue weighted by Crippen LogP contribution is -2.43. The molecule has 1 saturated heterocycles. The van der Waals surface area contributed by atoms with Crippen LogP contribution in [0, 0.1) is 0 Å². The number of sulfonamides is 1. The first-order valence-electron chi connectivity index (χ1n) is 7.92. The maximum Gasteiger partial charge on any atom is 0.261 e. The standard InChI is InChI=1S/C17H20ClN3O3S/c1-24-17-7-4-14(12-16(17)21-10-8-19-9-11-21)20-25(22,23)15-5-2-13(18)3-6-15/h2-7,12,19-20H,8-11H2,1H3. The molecule has 0 spiro atoms. The van der Waals surface area contributed by atoms with Crippen LogP contribution in [0.1, 0.15) is 0 Å². The van der Waals surface area contributed by atoms with Gasteiger partial charge in [0.05, 0.1) is 23.4 Å². The van der Waals surface area contributed by atoms with Crippen molar-refractivity contribution >= 4 is 33.0 Å². The molecule has 6 nitrogen and oxygen atoms in total. The Balaban J connectivity index is 1.88. The van der Waals surface area contributed by atoms with Gasteiger partial charge in [-0.25, -0.2) is 8.42 Å². The summed E-state index contributed by atoms with van der Waals surface area (Å²) in [5, 5.41) is 3.79. The molecule has 2 aromatic rings. The molecule has 0 amide bonds. The number of nitrogens with zero attached hydrogens (tertiary/aromatic N) is 1. The molecule has 1 fully saturated rings. The number of anilines is 2. The van der Waals surface area contributed by atoms with Crippen LogP contribution in [0.4, 0.5) is 11.4 Å². The van der Waals surface area contributed by atoms with Crippen LogP contribution in [-0.4, -0.2) is 41.7 Å². The monoisotopic (exact) mass is 381 g/mol. The number of rotatable bonds is 5. The van der Waals surface area contributed by atoms with Crippen molar-refractivity contribution in [3.05, 3.63) is 47.5 Å². The number of nitrogens with one attached hydrogen (secondary N) is 2. The minimum Gasteiger partial charge on any atom is -0.495 e. The second-order valence-electron chi connectivity index (χ2n) is 5.68. The summed E-state index contributed by atoms with van der Waals surface area (Å²) in [5.74, 6) is 0.719. The summed E-state index contributed by atoms with van der Waals surface area (Å²) in [6.07, 6.45) is 0. The van der Waals surface area contributed by atoms with E-state index in [0.29, 0.717) is 10.7 Å². The molecule has 0 aliphatic carbocycles. The molecule has 0 saturated carbocycles. The first-order chi connectivity index (χ1) is 12.0. The van der Waals surface area contributed by atoms with E-state index >= 15 is 0 Å². The normalized spacial score (nSPS) is 15.0. The Labute approximate surface area is 152 Å². The van der Waals surface area contributed by atoms with E-state index in [1.807, 2.05) is 0 Å². The number of hydrogen-bond donors (Lipinski definition) is 2. The zero-order valence-electron chi connectivity index (χ0n) is 13.8. The Morgan fingerprint density at radius 2 is 1.80 bits per heavy atom. The first kappa shape index (κ1) is 17.8. The van der Waals surface area contributed by atoms with E-state index in [1.165, 1.54) is 12.1 Å². The molecule has 25 heavy (non-hydrogen) atoms. The molecule has 2 aromatic carbocycles. The lowest BCUT2D eigenvalue weighted by molar-refractivity contribution is 0.413. The molecule has 1 aliphatic heterocycles. The predicted molar refractivity (Wildman–Crippen MR) is 100 cm³/mol. The van der Waals surface area contributed by atoms with Crippen LogP contribution >= 0.6 is 11.6 Å². The summed E-state index contributed by atoms with van der Waals surface area (Å²) in [4.78, 5) is 2.34. The lowest BCUT2D eigenvalue weighted by Gasteiger charge is -2.31. The van der Waals surface area contributed by atoms with Gasteiger partial charge in [0.2, 0.25) is 0 Å². The molecule has 8 heteroatoms. The third-order valence-corrected chi connectivity index (χ3v) is 5.66. The molecule has 1 aliphatic rings. The van der Waals surface area contributed by atoms with Gasteiger partial charge in [0.1, 0.15) is 5.75 Å². The fraction of sp³-hybridized carbons (Fsp3) is 0.294. The van der Waals surface area contributed by atoms with E-state index in [4.69, 9.17) is 16.3 Å². The van der Waals surface area contributed by atoms with Gasteiger partial charge in [0.25, 0.3) is 10.0 Å². The van der Waals surface area contributed by atoms with Gasteiger partial charge >= 0.3 is 0 Å². The summed E-state index contributed by atoms with van der Waals surface area (Å²) < 4.78 is 33.1. The largest absolute Gasteiger partial charge is 0.495 e. The molecule has 0 unspecified atom stereocenters. The van der Waals surface area contributed by atoms with Crippen LogP contribution in [0.2, 0.25) is 5.02 Å². The van der Waals surface area contributed by atoms with Crippen molar-refractivity contribution in [2.75, 3.05) is 42.9 Å². The van der Waals surface area contributed by atoms with Gasteiger partial charge in [-0.2, -0.15) is 0 Å². The highest BCUT2D eigenvalue weighted by Crippen LogP contribution is 2.32. The third kappa shape index (κ3) is 4.18. The van der Waals surface area contributed by atoms with Crippen molar-refractivity contribution < 1.29 is 13.2 Å². The van der Waals surface area contributed by atoms with E-state index in [9.17, 15) is 8.42 Å². The van der Waals surface area contributed by atoms with Gasteiger partial charge in [0, 0.05) is 31.2 Å². The highest BCUT2D eigenvalue weighted by molar-refractivity contribution is 7.92. The second kappa shape index (κ2) is 7.51. The molecule has 0 bridgehead atoms. The van der Waals surface area contributed by atoms with E-state index in [-0.39, 0.29) is 4.90 Å². The van der Waals surface area contributed by atoms with Gasteiger partial charge in [-0.05, 0) is 42.5 Å². The molecule has 3 rings (SSSR count). The Bertz CT molecular complexity index is 835. The second-order valence-corrected chi connectivity index (χ2v) is 7.80. The Morgan fingerprint density at radius 3 is 2.44 bits per heavy atom. The molecule has 2 N–H and O–H groups in total. The Morgan fingerprint density at radius 1 is 1.12 bits per heavy atom. The summed E-state index contributed by atoms with van der Waals surface area (Å²) in [6, 6.07) is 11.3. The molecular formula is C17H20ClN3O3S. The van der Waals surface area contributed by atoms with Crippen molar-refractivity contribution in [2.24, 2.45) is 0 Å². The maximum atomic E-state index is 12.5. The fourth-order valence-corrected chi connectivity index (χ4v) is 3.91. The number of piperazine rings is 1. The van der Waals surface area contributed by atoms with Crippen molar-refractivity contribution in [3.63, 3.8) is 0 Å². The third-order valence-electron chi connectivity index (χ3n) is 4.01. The van der Waals surface area contributed by atoms with Crippen LogP contribution in [0.5, 0.6) is 5.75 Å². The topological polar surface area (TPSA) is 70.7 Å². The number of hydrogen-bond acceptors (Lipinski definition) is 5. The zero-order valence-corrected chi connectivity index (χ0v) is 15.4.